The van der Waals surface area contributed by atoms with E-state index in [1.165, 1.54) is 29.8 Å². The number of ether oxygens (including phenoxy) is 2. The lowest BCUT2D eigenvalue weighted by atomic mass is 9.89. The van der Waals surface area contributed by atoms with Crippen LogP contribution >= 0.6 is 0 Å². The molecule has 28 heavy (non-hydrogen) atoms. The Bertz CT molecular complexity index is 981. The van der Waals surface area contributed by atoms with Crippen molar-refractivity contribution >= 4 is 11.9 Å². The highest BCUT2D eigenvalue weighted by Crippen LogP contribution is 2.39. The molecule has 1 aromatic heterocycles. The summed E-state index contributed by atoms with van der Waals surface area (Å²) < 4.78 is 12.0. The summed E-state index contributed by atoms with van der Waals surface area (Å²) in [6.07, 6.45) is 1.81. The average molecular weight is 386 g/mol. The fourth-order valence-electron chi connectivity index (χ4n) is 3.57. The van der Waals surface area contributed by atoms with Crippen molar-refractivity contribution < 1.29 is 24.2 Å². The first-order valence-corrected chi connectivity index (χ1v) is 8.80. The maximum atomic E-state index is 13.1. The topological polar surface area (TPSA) is 98.1 Å². The van der Waals surface area contributed by atoms with Crippen LogP contribution < -0.4 is 15.0 Å². The number of hydrogen-bond donors (Lipinski definition) is 1. The van der Waals surface area contributed by atoms with E-state index in [1.807, 2.05) is 6.07 Å². The molecule has 1 atom stereocenters. The molecular weight excluding hydrogens is 364 g/mol. The number of rotatable bonds is 5. The van der Waals surface area contributed by atoms with Crippen molar-refractivity contribution in [3.8, 4) is 11.5 Å². The molecular formula is C20H22N2O6. The number of aryl methyl sites for hydroxylation is 1. The molecule has 1 amide bonds. The number of amides is 1. The van der Waals surface area contributed by atoms with Gasteiger partial charge in [0.1, 0.15) is 5.56 Å². The smallest absolute Gasteiger partial charge is 0.305 e. The van der Waals surface area contributed by atoms with Gasteiger partial charge in [0.25, 0.3) is 11.5 Å². The van der Waals surface area contributed by atoms with E-state index in [1.54, 1.807) is 25.4 Å². The van der Waals surface area contributed by atoms with Crippen molar-refractivity contribution in [3.63, 3.8) is 0 Å². The Morgan fingerprint density at radius 2 is 1.89 bits per heavy atom. The molecule has 0 spiro atoms. The molecule has 0 radical (unpaired) electrons. The van der Waals surface area contributed by atoms with Crippen LogP contribution in [0.1, 0.15) is 33.9 Å². The molecule has 0 saturated carbocycles. The van der Waals surface area contributed by atoms with E-state index < -0.39 is 23.5 Å². The van der Waals surface area contributed by atoms with Crippen molar-refractivity contribution in [2.45, 2.75) is 18.9 Å². The second kappa shape index (κ2) is 7.75. The largest absolute Gasteiger partial charge is 0.493 e. The zero-order chi connectivity index (χ0) is 20.4. The number of nitrogens with zero attached hydrogens (tertiary/aromatic N) is 2. The van der Waals surface area contributed by atoms with Gasteiger partial charge in [-0.2, -0.15) is 0 Å². The summed E-state index contributed by atoms with van der Waals surface area (Å²) in [5, 5.41) is 9.43. The fourth-order valence-corrected chi connectivity index (χ4v) is 3.57. The van der Waals surface area contributed by atoms with E-state index in [0.717, 1.165) is 5.56 Å². The van der Waals surface area contributed by atoms with Gasteiger partial charge in [-0.25, -0.2) is 0 Å². The molecule has 148 valence electrons. The number of aromatic nitrogens is 1. The van der Waals surface area contributed by atoms with Gasteiger partial charge in [-0.3, -0.25) is 14.4 Å². The van der Waals surface area contributed by atoms with Crippen molar-refractivity contribution in [3.05, 3.63) is 57.5 Å². The number of carboxylic acids is 1. The number of methoxy groups -OCH3 is 2. The summed E-state index contributed by atoms with van der Waals surface area (Å²) in [6, 6.07) is 5.90. The first-order valence-electron chi connectivity index (χ1n) is 8.80. The van der Waals surface area contributed by atoms with Gasteiger partial charge in [0, 0.05) is 19.8 Å². The number of aliphatic carboxylic acids is 1. The Morgan fingerprint density at radius 3 is 2.54 bits per heavy atom. The molecule has 1 unspecified atom stereocenters. The van der Waals surface area contributed by atoms with Crippen molar-refractivity contribution in [1.82, 2.24) is 9.47 Å². The summed E-state index contributed by atoms with van der Waals surface area (Å²) >= 11 is 0. The SMILES string of the molecule is COc1cc2c(cc1OC)C(CC(=O)O)N(C(=O)c1cccn(C)c1=O)CC2. The van der Waals surface area contributed by atoms with Crippen LogP contribution in [0.15, 0.2) is 35.3 Å². The quantitative estimate of drug-likeness (QED) is 0.839. The maximum Gasteiger partial charge on any atom is 0.305 e. The number of carbonyl (C=O) groups is 2. The maximum absolute atomic E-state index is 13.1. The third kappa shape index (κ3) is 3.45. The molecule has 3 rings (SSSR count). The zero-order valence-electron chi connectivity index (χ0n) is 16.0. The standard InChI is InChI=1S/C20H22N2O6/c1-21-7-4-5-13(19(21)25)20(26)22-8-6-12-9-16(27-2)17(28-3)10-14(12)15(22)11-18(23)24/h4-5,7,9-10,15H,6,8,11H2,1-3H3,(H,23,24). The Balaban J connectivity index is 2.08. The molecule has 0 fully saturated rings. The average Bonchev–Trinajstić information content (AvgIpc) is 2.68. The summed E-state index contributed by atoms with van der Waals surface area (Å²) in [5.41, 5.74) is 1.19. The Kier molecular flexibility index (Phi) is 5.39. The van der Waals surface area contributed by atoms with Crippen molar-refractivity contribution in [1.29, 1.82) is 0 Å². The van der Waals surface area contributed by atoms with E-state index >= 15 is 0 Å². The van der Waals surface area contributed by atoms with Gasteiger partial charge in [0.2, 0.25) is 0 Å². The number of carboxylic acid groups (broad SMARTS) is 1. The third-order valence-corrected chi connectivity index (χ3v) is 4.99. The lowest BCUT2D eigenvalue weighted by Gasteiger charge is -2.37. The van der Waals surface area contributed by atoms with E-state index in [-0.39, 0.29) is 12.0 Å². The van der Waals surface area contributed by atoms with E-state index in [0.29, 0.717) is 30.0 Å². The van der Waals surface area contributed by atoms with E-state index in [9.17, 15) is 19.5 Å². The van der Waals surface area contributed by atoms with Crippen molar-refractivity contribution in [2.75, 3.05) is 20.8 Å². The predicted molar refractivity (Wildman–Crippen MR) is 101 cm³/mol. The van der Waals surface area contributed by atoms with Crippen LogP contribution in [0.2, 0.25) is 0 Å². The van der Waals surface area contributed by atoms with Gasteiger partial charge in [-0.15, -0.1) is 0 Å². The zero-order valence-corrected chi connectivity index (χ0v) is 16.0. The number of hydrogen-bond acceptors (Lipinski definition) is 5. The van der Waals surface area contributed by atoms with Gasteiger partial charge < -0.3 is 24.0 Å². The molecule has 1 aliphatic rings. The van der Waals surface area contributed by atoms with E-state index in [4.69, 9.17) is 9.47 Å². The molecule has 2 aromatic rings. The van der Waals surface area contributed by atoms with Gasteiger partial charge in [-0.05, 0) is 41.8 Å². The molecule has 1 aliphatic heterocycles. The molecule has 8 heteroatoms. The molecule has 1 aromatic carbocycles. The Hall–Kier alpha value is -3.29. The molecule has 0 aliphatic carbocycles. The predicted octanol–water partition coefficient (Wildman–Crippen LogP) is 1.62. The van der Waals surface area contributed by atoms with E-state index in [2.05, 4.69) is 0 Å². The normalized spacial score (nSPS) is 15.7. The summed E-state index contributed by atoms with van der Waals surface area (Å²) in [5.74, 6) is -0.507. The minimum Gasteiger partial charge on any atom is -0.493 e. The highest BCUT2D eigenvalue weighted by molar-refractivity contribution is 5.94. The second-order valence-corrected chi connectivity index (χ2v) is 6.61. The number of carbonyl (C=O) groups excluding carboxylic acids is 1. The van der Waals surface area contributed by atoms with Crippen LogP contribution in [0.4, 0.5) is 0 Å². The first-order chi connectivity index (χ1) is 13.4. The lowest BCUT2D eigenvalue weighted by Crippen LogP contribution is -2.43. The Morgan fingerprint density at radius 1 is 1.21 bits per heavy atom. The highest BCUT2D eigenvalue weighted by atomic mass is 16.5. The van der Waals surface area contributed by atoms with Crippen LogP contribution in [-0.4, -0.2) is 47.2 Å². The molecule has 1 N–H and O–H groups in total. The summed E-state index contributed by atoms with van der Waals surface area (Å²) in [7, 11) is 4.59. The van der Waals surface area contributed by atoms with Crippen LogP contribution in [-0.2, 0) is 18.3 Å². The minimum absolute atomic E-state index is 0.0179. The highest BCUT2D eigenvalue weighted by Gasteiger charge is 2.35. The number of pyridine rings is 1. The second-order valence-electron chi connectivity index (χ2n) is 6.61. The Labute approximate surface area is 161 Å². The molecule has 0 saturated heterocycles. The first kappa shape index (κ1) is 19.5. The third-order valence-electron chi connectivity index (χ3n) is 4.99. The molecule has 0 bridgehead atoms. The van der Waals surface area contributed by atoms with Crippen molar-refractivity contribution in [2.24, 2.45) is 7.05 Å². The lowest BCUT2D eigenvalue weighted by molar-refractivity contribution is -0.138. The van der Waals surface area contributed by atoms with Crippen LogP contribution in [0, 0.1) is 0 Å². The van der Waals surface area contributed by atoms with Gasteiger partial charge in [0.05, 0.1) is 26.7 Å². The van der Waals surface area contributed by atoms with Gasteiger partial charge >= 0.3 is 5.97 Å². The molecule has 8 nitrogen and oxygen atoms in total. The number of fused-ring (bicyclic) bond motifs is 1. The summed E-state index contributed by atoms with van der Waals surface area (Å²) in [6.45, 7) is 0.303. The monoisotopic (exact) mass is 386 g/mol. The van der Waals surface area contributed by atoms with Gasteiger partial charge in [-0.1, -0.05) is 0 Å². The van der Waals surface area contributed by atoms with Crippen LogP contribution in [0.5, 0.6) is 11.5 Å². The van der Waals surface area contributed by atoms with Crippen LogP contribution in [0.25, 0.3) is 0 Å². The minimum atomic E-state index is -1.04. The van der Waals surface area contributed by atoms with Crippen LogP contribution in [0.3, 0.4) is 0 Å². The van der Waals surface area contributed by atoms with Gasteiger partial charge in [0.15, 0.2) is 11.5 Å². The summed E-state index contributed by atoms with van der Waals surface area (Å²) in [4.78, 5) is 38.5. The number of benzene rings is 1. The fraction of sp³-hybridized carbons (Fsp3) is 0.350. The molecule has 2 heterocycles.